The number of benzene rings is 2. The molecule has 33 heavy (non-hydrogen) atoms. The van der Waals surface area contributed by atoms with E-state index < -0.39 is 0 Å². The maximum absolute atomic E-state index is 13.1. The molecule has 2 heterocycles. The number of amides is 1. The molecule has 1 fully saturated rings. The van der Waals surface area contributed by atoms with E-state index >= 15 is 0 Å². The van der Waals surface area contributed by atoms with E-state index in [0.29, 0.717) is 6.42 Å². The Morgan fingerprint density at radius 2 is 2.00 bits per heavy atom. The minimum atomic E-state index is -0.107. The number of nitriles is 1. The highest BCUT2D eigenvalue weighted by atomic mass is 16.3. The van der Waals surface area contributed by atoms with E-state index in [1.54, 1.807) is 12.5 Å². The van der Waals surface area contributed by atoms with Crippen molar-refractivity contribution in [2.24, 2.45) is 0 Å². The van der Waals surface area contributed by atoms with Crippen LogP contribution in [-0.2, 0) is 24.2 Å². The summed E-state index contributed by atoms with van der Waals surface area (Å²) in [5, 5.41) is 14.7. The zero-order valence-corrected chi connectivity index (χ0v) is 19.1. The molecular weight excluding hydrogens is 410 g/mol. The first kappa shape index (κ1) is 21.7. The summed E-state index contributed by atoms with van der Waals surface area (Å²) in [7, 11) is 0. The molecule has 2 aromatic carbocycles. The molecule has 1 amide bonds. The van der Waals surface area contributed by atoms with Gasteiger partial charge in [0, 0.05) is 35.9 Å². The molecule has 1 aliphatic heterocycles. The van der Waals surface area contributed by atoms with Crippen molar-refractivity contribution in [2.75, 3.05) is 13.1 Å². The molecule has 3 aromatic rings. The van der Waals surface area contributed by atoms with Gasteiger partial charge in [0.25, 0.3) is 0 Å². The van der Waals surface area contributed by atoms with Crippen LogP contribution in [0, 0.1) is 11.3 Å². The molecule has 1 N–H and O–H groups in total. The van der Waals surface area contributed by atoms with Gasteiger partial charge in [-0.15, -0.1) is 0 Å². The average Bonchev–Trinajstić information content (AvgIpc) is 3.33. The van der Waals surface area contributed by atoms with Crippen molar-refractivity contribution in [2.45, 2.75) is 63.5 Å². The minimum Gasteiger partial charge on any atom is -0.471 e. The van der Waals surface area contributed by atoms with Crippen molar-refractivity contribution in [1.29, 1.82) is 5.26 Å². The van der Waals surface area contributed by atoms with Crippen LogP contribution >= 0.6 is 0 Å². The number of rotatable bonds is 6. The van der Waals surface area contributed by atoms with Crippen LogP contribution in [0.2, 0.25) is 0 Å². The van der Waals surface area contributed by atoms with Gasteiger partial charge in [0.05, 0.1) is 30.6 Å². The quantitative estimate of drug-likeness (QED) is 0.577. The maximum atomic E-state index is 13.1. The molecule has 0 bridgehead atoms. The highest BCUT2D eigenvalue weighted by Crippen LogP contribution is 2.32. The van der Waals surface area contributed by atoms with Crippen LogP contribution in [0.25, 0.3) is 10.8 Å². The van der Waals surface area contributed by atoms with Crippen LogP contribution < -0.4 is 5.32 Å². The summed E-state index contributed by atoms with van der Waals surface area (Å²) in [6.07, 6.45) is 11.6. The van der Waals surface area contributed by atoms with Crippen LogP contribution in [-0.4, -0.2) is 29.4 Å². The molecule has 0 atom stereocenters. The van der Waals surface area contributed by atoms with E-state index in [9.17, 15) is 4.79 Å². The number of carbonyl (C=O) groups excluding carboxylic acids is 1. The SMILES string of the molecule is N#Cc1ccc2c(c1)CCN(CCC1(NC(=O)Cc3cccc4cocc34)CCCCC1)C2. The van der Waals surface area contributed by atoms with Crippen LogP contribution in [0.15, 0.2) is 53.3 Å². The van der Waals surface area contributed by atoms with Crippen LogP contribution in [0.4, 0.5) is 0 Å². The van der Waals surface area contributed by atoms with Crippen LogP contribution in [0.5, 0.6) is 0 Å². The van der Waals surface area contributed by atoms with Crippen molar-refractivity contribution in [3.63, 3.8) is 0 Å². The number of nitrogens with one attached hydrogen (secondary N) is 1. The lowest BCUT2D eigenvalue weighted by atomic mass is 9.78. The predicted octanol–water partition coefficient (Wildman–Crippen LogP) is 5.11. The molecule has 1 saturated carbocycles. The van der Waals surface area contributed by atoms with Gasteiger partial charge < -0.3 is 9.73 Å². The fraction of sp³-hybridized carbons (Fsp3) is 0.429. The van der Waals surface area contributed by atoms with Gasteiger partial charge in [-0.1, -0.05) is 43.5 Å². The van der Waals surface area contributed by atoms with Crippen LogP contribution in [0.3, 0.4) is 0 Å². The average molecular weight is 442 g/mol. The minimum absolute atomic E-state index is 0.107. The van der Waals surface area contributed by atoms with Crippen molar-refractivity contribution >= 4 is 16.7 Å². The Kier molecular flexibility index (Phi) is 6.20. The second kappa shape index (κ2) is 9.41. The number of hydrogen-bond acceptors (Lipinski definition) is 4. The van der Waals surface area contributed by atoms with Crippen molar-refractivity contribution < 1.29 is 9.21 Å². The number of furan rings is 1. The Bertz CT molecular complexity index is 1180. The third kappa shape index (κ3) is 4.82. The summed E-state index contributed by atoms with van der Waals surface area (Å²) in [5.74, 6) is 0.110. The Balaban J connectivity index is 1.24. The van der Waals surface area contributed by atoms with Gasteiger partial charge in [-0.25, -0.2) is 0 Å². The predicted molar refractivity (Wildman–Crippen MR) is 129 cm³/mol. The van der Waals surface area contributed by atoms with E-state index in [2.05, 4.69) is 22.4 Å². The summed E-state index contributed by atoms with van der Waals surface area (Å²) in [5.41, 5.74) is 4.30. The normalized spacial score (nSPS) is 17.9. The van der Waals surface area contributed by atoms with E-state index in [0.717, 1.165) is 67.2 Å². The summed E-state index contributed by atoms with van der Waals surface area (Å²) in [4.78, 5) is 15.6. The van der Waals surface area contributed by atoms with Gasteiger partial charge in [-0.05, 0) is 54.5 Å². The number of carbonyl (C=O) groups is 1. The highest BCUT2D eigenvalue weighted by molar-refractivity contribution is 5.89. The molecule has 170 valence electrons. The fourth-order valence-corrected chi connectivity index (χ4v) is 5.63. The first-order chi connectivity index (χ1) is 16.1. The van der Waals surface area contributed by atoms with E-state index in [1.165, 1.54) is 30.4 Å². The topological polar surface area (TPSA) is 69.3 Å². The summed E-state index contributed by atoms with van der Waals surface area (Å²) < 4.78 is 5.35. The van der Waals surface area contributed by atoms with Gasteiger partial charge >= 0.3 is 0 Å². The Hall–Kier alpha value is -3.10. The molecule has 2 aliphatic rings. The Morgan fingerprint density at radius 1 is 1.12 bits per heavy atom. The molecule has 1 aromatic heterocycles. The number of fused-ring (bicyclic) bond motifs is 2. The first-order valence-corrected chi connectivity index (χ1v) is 12.1. The third-order valence-corrected chi connectivity index (χ3v) is 7.51. The third-order valence-electron chi connectivity index (χ3n) is 7.51. The molecule has 5 rings (SSSR count). The zero-order valence-electron chi connectivity index (χ0n) is 19.1. The van der Waals surface area contributed by atoms with Gasteiger partial charge in [0.2, 0.25) is 5.91 Å². The van der Waals surface area contributed by atoms with Gasteiger partial charge in [-0.2, -0.15) is 5.26 Å². The van der Waals surface area contributed by atoms with E-state index in [-0.39, 0.29) is 11.4 Å². The molecule has 5 nitrogen and oxygen atoms in total. The maximum Gasteiger partial charge on any atom is 0.224 e. The van der Waals surface area contributed by atoms with Crippen molar-refractivity contribution in [1.82, 2.24) is 10.2 Å². The van der Waals surface area contributed by atoms with Crippen molar-refractivity contribution in [3.05, 3.63) is 71.2 Å². The standard InChI is InChI=1S/C28H31N3O2/c29-17-21-7-8-24-18-31(13-9-22(24)15-21)14-12-28(10-2-1-3-11-28)30-27(32)16-23-5-4-6-25-19-33-20-26(23)25/h4-8,15,19-20H,1-3,9-14,16,18H2,(H,30,32). The molecule has 0 unspecified atom stereocenters. The molecule has 0 spiro atoms. The zero-order chi connectivity index (χ0) is 22.7. The lowest BCUT2D eigenvalue weighted by molar-refractivity contribution is -0.123. The lowest BCUT2D eigenvalue weighted by Gasteiger charge is -2.40. The lowest BCUT2D eigenvalue weighted by Crippen LogP contribution is -2.52. The van der Waals surface area contributed by atoms with Gasteiger partial charge in [-0.3, -0.25) is 9.69 Å². The second-order valence-corrected chi connectivity index (χ2v) is 9.73. The van der Waals surface area contributed by atoms with E-state index in [4.69, 9.17) is 9.68 Å². The number of nitrogens with zero attached hydrogens (tertiary/aromatic N) is 2. The largest absolute Gasteiger partial charge is 0.471 e. The van der Waals surface area contributed by atoms with E-state index in [1.807, 2.05) is 30.3 Å². The first-order valence-electron chi connectivity index (χ1n) is 12.1. The monoisotopic (exact) mass is 441 g/mol. The molecule has 1 aliphatic carbocycles. The molecule has 5 heteroatoms. The molecular formula is C28H31N3O2. The Morgan fingerprint density at radius 3 is 2.85 bits per heavy atom. The smallest absolute Gasteiger partial charge is 0.224 e. The second-order valence-electron chi connectivity index (χ2n) is 9.73. The van der Waals surface area contributed by atoms with Gasteiger partial charge in [0.1, 0.15) is 0 Å². The Labute approximate surface area is 195 Å². The molecule has 0 radical (unpaired) electrons. The number of hydrogen-bond donors (Lipinski definition) is 1. The summed E-state index contributed by atoms with van der Waals surface area (Å²) in [6, 6.07) is 14.3. The van der Waals surface area contributed by atoms with Crippen LogP contribution in [0.1, 0.15) is 60.8 Å². The van der Waals surface area contributed by atoms with Crippen molar-refractivity contribution in [3.8, 4) is 6.07 Å². The summed E-state index contributed by atoms with van der Waals surface area (Å²) >= 11 is 0. The highest BCUT2D eigenvalue weighted by Gasteiger charge is 2.34. The fourth-order valence-electron chi connectivity index (χ4n) is 5.63. The van der Waals surface area contributed by atoms with Gasteiger partial charge in [0.15, 0.2) is 0 Å². The molecule has 0 saturated heterocycles. The summed E-state index contributed by atoms with van der Waals surface area (Å²) in [6.45, 7) is 2.92.